The van der Waals surface area contributed by atoms with E-state index in [-0.39, 0.29) is 0 Å². The SMILES string of the molecule is COCc1c(CNC2CC2)oc2c(C)ccc(Br)c12. The Morgan fingerprint density at radius 2 is 2.21 bits per heavy atom. The maximum absolute atomic E-state index is 6.07. The van der Waals surface area contributed by atoms with Crippen molar-refractivity contribution in [3.63, 3.8) is 0 Å². The molecule has 0 saturated heterocycles. The summed E-state index contributed by atoms with van der Waals surface area (Å²) in [5.41, 5.74) is 3.28. The quantitative estimate of drug-likeness (QED) is 0.906. The molecule has 1 aromatic heterocycles. The first-order chi connectivity index (χ1) is 9.20. The predicted octanol–water partition coefficient (Wildman–Crippen LogP) is 3.90. The first-order valence-electron chi connectivity index (χ1n) is 6.62. The van der Waals surface area contributed by atoms with E-state index in [1.807, 2.05) is 0 Å². The topological polar surface area (TPSA) is 34.4 Å². The van der Waals surface area contributed by atoms with Gasteiger partial charge in [0.15, 0.2) is 0 Å². The zero-order valence-corrected chi connectivity index (χ0v) is 12.8. The molecule has 2 aromatic rings. The summed E-state index contributed by atoms with van der Waals surface area (Å²) in [6.07, 6.45) is 2.56. The fourth-order valence-electron chi connectivity index (χ4n) is 2.36. The van der Waals surface area contributed by atoms with Crippen LogP contribution in [0.4, 0.5) is 0 Å². The molecule has 0 amide bonds. The number of hydrogen-bond acceptors (Lipinski definition) is 3. The van der Waals surface area contributed by atoms with Gasteiger partial charge >= 0.3 is 0 Å². The number of hydrogen-bond donors (Lipinski definition) is 1. The molecule has 4 heteroatoms. The largest absolute Gasteiger partial charge is 0.459 e. The lowest BCUT2D eigenvalue weighted by Crippen LogP contribution is -2.15. The molecule has 3 rings (SSSR count). The summed E-state index contributed by atoms with van der Waals surface area (Å²) in [7, 11) is 1.72. The number of aryl methyl sites for hydroxylation is 1. The van der Waals surface area contributed by atoms with Crippen molar-refractivity contribution in [1.29, 1.82) is 0 Å². The molecule has 0 radical (unpaired) electrons. The predicted molar refractivity (Wildman–Crippen MR) is 79.2 cm³/mol. The summed E-state index contributed by atoms with van der Waals surface area (Å²) in [5.74, 6) is 0.999. The highest BCUT2D eigenvalue weighted by Gasteiger charge is 2.23. The fraction of sp³-hybridized carbons (Fsp3) is 0.467. The van der Waals surface area contributed by atoms with Crippen molar-refractivity contribution < 1.29 is 9.15 Å². The first-order valence-corrected chi connectivity index (χ1v) is 7.41. The summed E-state index contributed by atoms with van der Waals surface area (Å²) in [4.78, 5) is 0. The molecule has 1 aliphatic rings. The molecule has 1 heterocycles. The summed E-state index contributed by atoms with van der Waals surface area (Å²) in [6.45, 7) is 3.44. The van der Waals surface area contributed by atoms with Gasteiger partial charge in [0, 0.05) is 28.6 Å². The number of ether oxygens (including phenoxy) is 1. The van der Waals surface area contributed by atoms with Crippen molar-refractivity contribution in [3.8, 4) is 0 Å². The summed E-state index contributed by atoms with van der Waals surface area (Å²) in [5, 5.41) is 4.65. The van der Waals surface area contributed by atoms with Crippen LogP contribution in [0.25, 0.3) is 11.0 Å². The minimum atomic E-state index is 0.580. The monoisotopic (exact) mass is 323 g/mol. The van der Waals surface area contributed by atoms with Crippen molar-refractivity contribution >= 4 is 26.9 Å². The van der Waals surface area contributed by atoms with Crippen molar-refractivity contribution in [2.75, 3.05) is 7.11 Å². The first kappa shape index (κ1) is 13.2. The van der Waals surface area contributed by atoms with Crippen LogP contribution in [0.5, 0.6) is 0 Å². The summed E-state index contributed by atoms with van der Waals surface area (Å²) < 4.78 is 12.5. The minimum absolute atomic E-state index is 0.580. The second-order valence-electron chi connectivity index (χ2n) is 5.16. The zero-order chi connectivity index (χ0) is 13.4. The number of fused-ring (bicyclic) bond motifs is 1. The molecule has 1 aliphatic carbocycles. The number of methoxy groups -OCH3 is 1. The van der Waals surface area contributed by atoms with E-state index in [1.165, 1.54) is 12.8 Å². The van der Waals surface area contributed by atoms with Gasteiger partial charge in [0.2, 0.25) is 0 Å². The zero-order valence-electron chi connectivity index (χ0n) is 11.3. The second-order valence-corrected chi connectivity index (χ2v) is 6.01. The number of benzene rings is 1. The second kappa shape index (κ2) is 5.27. The number of halogens is 1. The highest BCUT2D eigenvalue weighted by molar-refractivity contribution is 9.10. The lowest BCUT2D eigenvalue weighted by atomic mass is 10.1. The maximum Gasteiger partial charge on any atom is 0.138 e. The average Bonchev–Trinajstić information content (AvgIpc) is 3.15. The van der Waals surface area contributed by atoms with Crippen LogP contribution < -0.4 is 5.32 Å². The van der Waals surface area contributed by atoms with Crippen LogP contribution in [0.3, 0.4) is 0 Å². The van der Waals surface area contributed by atoms with Crippen molar-refractivity contribution in [2.24, 2.45) is 0 Å². The molecule has 19 heavy (non-hydrogen) atoms. The highest BCUT2D eigenvalue weighted by Crippen LogP contribution is 2.35. The van der Waals surface area contributed by atoms with Crippen LogP contribution >= 0.6 is 15.9 Å². The van der Waals surface area contributed by atoms with Gasteiger partial charge in [-0.25, -0.2) is 0 Å². The minimum Gasteiger partial charge on any atom is -0.459 e. The molecule has 0 unspecified atom stereocenters. The normalized spacial score (nSPS) is 15.3. The van der Waals surface area contributed by atoms with Crippen molar-refractivity contribution in [3.05, 3.63) is 33.5 Å². The van der Waals surface area contributed by atoms with E-state index in [0.717, 1.165) is 38.9 Å². The van der Waals surface area contributed by atoms with Gasteiger partial charge < -0.3 is 14.5 Å². The van der Waals surface area contributed by atoms with Crippen LogP contribution in [0.2, 0.25) is 0 Å². The van der Waals surface area contributed by atoms with Crippen LogP contribution in [0, 0.1) is 6.92 Å². The Kier molecular flexibility index (Phi) is 3.65. The molecule has 0 atom stereocenters. The van der Waals surface area contributed by atoms with Crippen LogP contribution in [0.15, 0.2) is 21.0 Å². The Morgan fingerprint density at radius 3 is 2.89 bits per heavy atom. The van der Waals surface area contributed by atoms with Crippen molar-refractivity contribution in [2.45, 2.75) is 39.0 Å². The Hall–Kier alpha value is -0.840. The van der Waals surface area contributed by atoms with Crippen molar-refractivity contribution in [1.82, 2.24) is 5.32 Å². The maximum atomic E-state index is 6.07. The fourth-order valence-corrected chi connectivity index (χ4v) is 2.92. The van der Waals surface area contributed by atoms with Gasteiger partial charge in [-0.05, 0) is 31.4 Å². The molecule has 0 aliphatic heterocycles. The molecule has 0 spiro atoms. The molecule has 1 saturated carbocycles. The molecular weight excluding hydrogens is 306 g/mol. The molecule has 102 valence electrons. The van der Waals surface area contributed by atoms with E-state index < -0.39 is 0 Å². The molecule has 3 nitrogen and oxygen atoms in total. The third-order valence-electron chi connectivity index (χ3n) is 3.58. The van der Waals surface area contributed by atoms with Crippen LogP contribution in [-0.2, 0) is 17.9 Å². The molecule has 1 fully saturated rings. The van der Waals surface area contributed by atoms with Gasteiger partial charge in [0.05, 0.1) is 13.2 Å². The van der Waals surface area contributed by atoms with Gasteiger partial charge in [-0.15, -0.1) is 0 Å². The van der Waals surface area contributed by atoms with Gasteiger partial charge in [-0.2, -0.15) is 0 Å². The van der Waals surface area contributed by atoms with E-state index in [2.05, 4.69) is 40.3 Å². The van der Waals surface area contributed by atoms with Gasteiger partial charge in [-0.3, -0.25) is 0 Å². The Bertz CT molecular complexity index is 602. The average molecular weight is 324 g/mol. The van der Waals surface area contributed by atoms with E-state index in [4.69, 9.17) is 9.15 Å². The Morgan fingerprint density at radius 1 is 1.42 bits per heavy atom. The van der Waals surface area contributed by atoms with Gasteiger partial charge in [-0.1, -0.05) is 22.0 Å². The molecular formula is C15H18BrNO2. The van der Waals surface area contributed by atoms with Gasteiger partial charge in [0.1, 0.15) is 11.3 Å². The van der Waals surface area contributed by atoms with Crippen LogP contribution in [0.1, 0.15) is 29.7 Å². The number of furan rings is 1. The van der Waals surface area contributed by atoms with E-state index in [9.17, 15) is 0 Å². The smallest absolute Gasteiger partial charge is 0.138 e. The van der Waals surface area contributed by atoms with E-state index in [0.29, 0.717) is 12.6 Å². The summed E-state index contributed by atoms with van der Waals surface area (Å²) >= 11 is 3.62. The number of rotatable bonds is 5. The van der Waals surface area contributed by atoms with E-state index >= 15 is 0 Å². The lowest BCUT2D eigenvalue weighted by molar-refractivity contribution is 0.183. The number of nitrogens with one attached hydrogen (secondary N) is 1. The molecule has 1 aromatic carbocycles. The lowest BCUT2D eigenvalue weighted by Gasteiger charge is -2.04. The Labute approximate surface area is 121 Å². The summed E-state index contributed by atoms with van der Waals surface area (Å²) in [6, 6.07) is 4.82. The van der Waals surface area contributed by atoms with Gasteiger partial charge in [0.25, 0.3) is 0 Å². The molecule has 0 bridgehead atoms. The highest BCUT2D eigenvalue weighted by atomic mass is 79.9. The van der Waals surface area contributed by atoms with Crippen LogP contribution in [-0.4, -0.2) is 13.2 Å². The van der Waals surface area contributed by atoms with E-state index in [1.54, 1.807) is 7.11 Å². The third kappa shape index (κ3) is 2.57. The standard InChI is InChI=1S/C15H18BrNO2/c1-9-3-6-12(16)14-11(8-18-2)13(19-15(9)14)7-17-10-4-5-10/h3,6,10,17H,4-5,7-8H2,1-2H3. The third-order valence-corrected chi connectivity index (χ3v) is 4.25. The molecule has 1 N–H and O–H groups in total. The Balaban J connectivity index is 2.05.